The third-order valence-corrected chi connectivity index (χ3v) is 4.28. The predicted molar refractivity (Wildman–Crippen MR) is 98.5 cm³/mol. The van der Waals surface area contributed by atoms with Crippen LogP contribution in [0.4, 0.5) is 0 Å². The molecule has 0 spiro atoms. The first-order valence-electron chi connectivity index (χ1n) is 8.06. The molecule has 0 aliphatic heterocycles. The molecule has 5 nitrogen and oxygen atoms in total. The topological polar surface area (TPSA) is 52.8 Å². The number of benzene rings is 2. The van der Waals surface area contributed by atoms with Gasteiger partial charge in [0.2, 0.25) is 0 Å². The van der Waals surface area contributed by atoms with Gasteiger partial charge in [0.15, 0.2) is 0 Å². The van der Waals surface area contributed by atoms with Crippen LogP contribution in [-0.2, 0) is 7.05 Å². The number of fused-ring (bicyclic) bond motifs is 1. The monoisotopic (exact) mass is 330 g/mol. The van der Waals surface area contributed by atoms with Crippen molar-refractivity contribution in [2.24, 2.45) is 7.05 Å². The molecule has 2 heterocycles. The molecule has 0 saturated heterocycles. The lowest BCUT2D eigenvalue weighted by Gasteiger charge is -2.09. The Morgan fingerprint density at radius 2 is 1.80 bits per heavy atom. The van der Waals surface area contributed by atoms with Crippen molar-refractivity contribution in [2.45, 2.75) is 6.92 Å². The highest BCUT2D eigenvalue weighted by atomic mass is 16.5. The smallest absolute Gasteiger partial charge is 0.123 e. The number of aryl methyl sites for hydroxylation is 2. The summed E-state index contributed by atoms with van der Waals surface area (Å²) in [5.41, 5.74) is 5.76. The van der Waals surface area contributed by atoms with Gasteiger partial charge in [-0.1, -0.05) is 30.3 Å². The summed E-state index contributed by atoms with van der Waals surface area (Å²) >= 11 is 0. The Morgan fingerprint density at radius 3 is 2.56 bits per heavy atom. The molecule has 0 aliphatic rings. The Morgan fingerprint density at radius 1 is 1.00 bits per heavy atom. The van der Waals surface area contributed by atoms with E-state index < -0.39 is 0 Å². The van der Waals surface area contributed by atoms with E-state index in [1.54, 1.807) is 13.4 Å². The molecule has 0 bridgehead atoms. The van der Waals surface area contributed by atoms with Crippen molar-refractivity contribution < 1.29 is 4.74 Å². The third kappa shape index (κ3) is 2.63. The van der Waals surface area contributed by atoms with Gasteiger partial charge in [0, 0.05) is 35.8 Å². The Labute approximate surface area is 145 Å². The number of nitrogens with zero attached hydrogens (tertiary/aromatic N) is 4. The summed E-state index contributed by atoms with van der Waals surface area (Å²) in [6, 6.07) is 14.2. The number of aromatic nitrogens is 4. The minimum atomic E-state index is 0.826. The van der Waals surface area contributed by atoms with Crippen LogP contribution in [0.25, 0.3) is 33.4 Å². The molecule has 25 heavy (non-hydrogen) atoms. The number of rotatable bonds is 3. The maximum absolute atomic E-state index is 5.42. The van der Waals surface area contributed by atoms with Crippen LogP contribution in [0.5, 0.6) is 5.75 Å². The minimum Gasteiger partial charge on any atom is -0.496 e. The van der Waals surface area contributed by atoms with Crippen molar-refractivity contribution in [3.05, 3.63) is 60.6 Å². The fourth-order valence-corrected chi connectivity index (χ4v) is 3.10. The molecule has 5 heteroatoms. The SMILES string of the molecule is COc1cc2ncnc(-c3cn(C)nc3-c3ccccc3)c2cc1C. The summed E-state index contributed by atoms with van der Waals surface area (Å²) in [6.07, 6.45) is 3.60. The van der Waals surface area contributed by atoms with E-state index in [0.29, 0.717) is 0 Å². The second kappa shape index (κ2) is 6.02. The molecule has 2 aromatic carbocycles. The molecule has 0 amide bonds. The molecular formula is C20H18N4O. The molecule has 2 aromatic heterocycles. The fourth-order valence-electron chi connectivity index (χ4n) is 3.10. The average molecular weight is 330 g/mol. The van der Waals surface area contributed by atoms with Gasteiger partial charge in [-0.15, -0.1) is 0 Å². The number of methoxy groups -OCH3 is 1. The lowest BCUT2D eigenvalue weighted by molar-refractivity contribution is 0.412. The molecule has 0 atom stereocenters. The van der Waals surface area contributed by atoms with E-state index in [1.165, 1.54) is 0 Å². The third-order valence-electron chi connectivity index (χ3n) is 4.28. The van der Waals surface area contributed by atoms with Crippen LogP contribution in [-0.4, -0.2) is 26.9 Å². The maximum Gasteiger partial charge on any atom is 0.123 e. The highest BCUT2D eigenvalue weighted by Crippen LogP contribution is 2.35. The van der Waals surface area contributed by atoms with Crippen LogP contribution in [0.3, 0.4) is 0 Å². The molecule has 124 valence electrons. The zero-order valence-corrected chi connectivity index (χ0v) is 14.4. The molecule has 4 aromatic rings. The minimum absolute atomic E-state index is 0.826. The molecule has 0 radical (unpaired) electrons. The van der Waals surface area contributed by atoms with Gasteiger partial charge in [-0.2, -0.15) is 5.10 Å². The highest BCUT2D eigenvalue weighted by molar-refractivity contribution is 5.96. The summed E-state index contributed by atoms with van der Waals surface area (Å²) < 4.78 is 7.24. The first kappa shape index (κ1) is 15.3. The first-order chi connectivity index (χ1) is 12.2. The van der Waals surface area contributed by atoms with Gasteiger partial charge in [0.25, 0.3) is 0 Å². The van der Waals surface area contributed by atoms with E-state index in [1.807, 2.05) is 49.1 Å². The largest absolute Gasteiger partial charge is 0.496 e. The zero-order valence-electron chi connectivity index (χ0n) is 14.4. The van der Waals surface area contributed by atoms with E-state index >= 15 is 0 Å². The van der Waals surface area contributed by atoms with Crippen LogP contribution >= 0.6 is 0 Å². The number of ether oxygens (including phenoxy) is 1. The van der Waals surface area contributed by atoms with E-state index in [-0.39, 0.29) is 0 Å². The summed E-state index contributed by atoms with van der Waals surface area (Å²) in [4.78, 5) is 8.98. The second-order valence-electron chi connectivity index (χ2n) is 5.99. The van der Waals surface area contributed by atoms with Crippen molar-refractivity contribution in [1.29, 1.82) is 0 Å². The lowest BCUT2D eigenvalue weighted by atomic mass is 10.0. The first-order valence-corrected chi connectivity index (χ1v) is 8.06. The van der Waals surface area contributed by atoms with E-state index in [9.17, 15) is 0 Å². The number of hydrogen-bond acceptors (Lipinski definition) is 4. The normalized spacial score (nSPS) is 11.0. The van der Waals surface area contributed by atoms with Gasteiger partial charge in [0.05, 0.1) is 18.3 Å². The molecule has 0 N–H and O–H groups in total. The highest BCUT2D eigenvalue weighted by Gasteiger charge is 2.17. The van der Waals surface area contributed by atoms with Crippen molar-refractivity contribution in [2.75, 3.05) is 7.11 Å². The maximum atomic E-state index is 5.42. The summed E-state index contributed by atoms with van der Waals surface area (Å²) in [7, 11) is 3.60. The van der Waals surface area contributed by atoms with Crippen molar-refractivity contribution >= 4 is 10.9 Å². The average Bonchev–Trinajstić information content (AvgIpc) is 3.03. The van der Waals surface area contributed by atoms with Gasteiger partial charge >= 0.3 is 0 Å². The van der Waals surface area contributed by atoms with Crippen LogP contribution in [0.1, 0.15) is 5.56 Å². The second-order valence-corrected chi connectivity index (χ2v) is 5.99. The van der Waals surface area contributed by atoms with Crippen LogP contribution < -0.4 is 4.74 Å². The van der Waals surface area contributed by atoms with Crippen LogP contribution in [0, 0.1) is 6.92 Å². The van der Waals surface area contributed by atoms with Gasteiger partial charge < -0.3 is 4.74 Å². The Hall–Kier alpha value is -3.21. The van der Waals surface area contributed by atoms with Gasteiger partial charge in [-0.05, 0) is 18.6 Å². The lowest BCUT2D eigenvalue weighted by Crippen LogP contribution is -1.93. The number of hydrogen-bond donors (Lipinski definition) is 0. The van der Waals surface area contributed by atoms with Crippen molar-refractivity contribution in [3.63, 3.8) is 0 Å². The molecule has 0 aliphatic carbocycles. The van der Waals surface area contributed by atoms with E-state index in [0.717, 1.165) is 44.7 Å². The molecule has 0 fully saturated rings. The van der Waals surface area contributed by atoms with Gasteiger partial charge in [-0.3, -0.25) is 4.68 Å². The van der Waals surface area contributed by atoms with Crippen molar-refractivity contribution in [3.8, 4) is 28.3 Å². The van der Waals surface area contributed by atoms with Crippen LogP contribution in [0.2, 0.25) is 0 Å². The standard InChI is InChI=1S/C20H18N4O/c1-13-9-15-17(10-18(13)25-3)21-12-22-20(15)16-11-24(2)23-19(16)14-7-5-4-6-8-14/h4-12H,1-3H3. The zero-order chi connectivity index (χ0) is 17.4. The van der Waals surface area contributed by atoms with Gasteiger partial charge in [0.1, 0.15) is 17.8 Å². The fraction of sp³-hybridized carbons (Fsp3) is 0.150. The predicted octanol–water partition coefficient (Wildman–Crippen LogP) is 4.01. The van der Waals surface area contributed by atoms with Crippen LogP contribution in [0.15, 0.2) is 55.0 Å². The van der Waals surface area contributed by atoms with Crippen molar-refractivity contribution in [1.82, 2.24) is 19.7 Å². The Kier molecular flexibility index (Phi) is 3.69. The molecule has 0 unspecified atom stereocenters. The van der Waals surface area contributed by atoms with E-state index in [2.05, 4.69) is 33.3 Å². The summed E-state index contributed by atoms with van der Waals surface area (Å²) in [5, 5.41) is 5.64. The van der Waals surface area contributed by atoms with Gasteiger partial charge in [-0.25, -0.2) is 9.97 Å². The molecule has 0 saturated carbocycles. The molecule has 4 rings (SSSR count). The molecular weight excluding hydrogens is 312 g/mol. The Bertz CT molecular complexity index is 1050. The van der Waals surface area contributed by atoms with E-state index in [4.69, 9.17) is 4.74 Å². The summed E-state index contributed by atoms with van der Waals surface area (Å²) in [5.74, 6) is 0.826. The quantitative estimate of drug-likeness (QED) is 0.569. The summed E-state index contributed by atoms with van der Waals surface area (Å²) in [6.45, 7) is 2.02. The Balaban J connectivity index is 1.99.